The van der Waals surface area contributed by atoms with Crippen molar-refractivity contribution >= 4 is 17.7 Å². The zero-order valence-electron chi connectivity index (χ0n) is 25.6. The number of cyclic esters (lactones) is 1. The van der Waals surface area contributed by atoms with Crippen molar-refractivity contribution in [2.24, 2.45) is 46.3 Å². The zero-order valence-corrected chi connectivity index (χ0v) is 25.6. The summed E-state index contributed by atoms with van der Waals surface area (Å²) in [6, 6.07) is 9.36. The van der Waals surface area contributed by atoms with Gasteiger partial charge in [0.2, 0.25) is 0 Å². The van der Waals surface area contributed by atoms with Gasteiger partial charge >= 0.3 is 11.9 Å². The topological polar surface area (TPSA) is 69.7 Å². The molecule has 0 radical (unpaired) electrons. The summed E-state index contributed by atoms with van der Waals surface area (Å²) in [7, 11) is 0. The van der Waals surface area contributed by atoms with Crippen LogP contribution in [0.3, 0.4) is 0 Å². The van der Waals surface area contributed by atoms with Crippen LogP contribution in [0.2, 0.25) is 0 Å². The van der Waals surface area contributed by atoms with Crippen LogP contribution >= 0.6 is 0 Å². The number of ketones is 1. The van der Waals surface area contributed by atoms with E-state index in [1.165, 1.54) is 12.8 Å². The van der Waals surface area contributed by atoms with E-state index in [2.05, 4.69) is 34.6 Å². The Labute approximate surface area is 245 Å². The van der Waals surface area contributed by atoms with Crippen molar-refractivity contribution in [3.05, 3.63) is 47.5 Å². The predicted octanol–water partition coefficient (Wildman–Crippen LogP) is 7.73. The van der Waals surface area contributed by atoms with Crippen LogP contribution in [-0.2, 0) is 19.1 Å². The molecular formula is C36H48O5. The second-order valence-corrected chi connectivity index (χ2v) is 14.8. The SMILES string of the molecule is CC(C)C1CC(=O)OC(C(C)C2=CC(=O)C3C4CCC5CCCC[C@]5(C)C4(OC(=O)c4ccccc4)CC[C@]23C)C1. The van der Waals surface area contributed by atoms with Crippen LogP contribution in [0, 0.1) is 46.3 Å². The zero-order chi connectivity index (χ0) is 29.2. The number of hydrogen-bond donors (Lipinski definition) is 0. The monoisotopic (exact) mass is 560 g/mol. The highest BCUT2D eigenvalue weighted by molar-refractivity contribution is 5.97. The molecular weight excluding hydrogens is 512 g/mol. The molecule has 5 aliphatic rings. The van der Waals surface area contributed by atoms with Crippen LogP contribution < -0.4 is 0 Å². The fourth-order valence-electron chi connectivity index (χ4n) is 10.2. The lowest BCUT2D eigenvalue weighted by Gasteiger charge is -2.65. The number of carbonyl (C=O) groups is 3. The second kappa shape index (κ2) is 10.4. The third kappa shape index (κ3) is 4.43. The molecule has 1 aromatic carbocycles. The quantitative estimate of drug-likeness (QED) is 0.345. The Balaban J connectivity index is 1.35. The van der Waals surface area contributed by atoms with Gasteiger partial charge in [-0.3, -0.25) is 9.59 Å². The molecule has 0 amide bonds. The average Bonchev–Trinajstić information content (AvgIpc) is 3.23. The van der Waals surface area contributed by atoms with E-state index in [0.29, 0.717) is 29.7 Å². The molecule has 1 aromatic rings. The van der Waals surface area contributed by atoms with Crippen molar-refractivity contribution < 1.29 is 23.9 Å². The fraction of sp³-hybridized carbons (Fsp3) is 0.694. The first-order valence-electron chi connectivity index (χ1n) is 16.2. The minimum Gasteiger partial charge on any atom is -0.462 e. The highest BCUT2D eigenvalue weighted by atomic mass is 16.6. The highest BCUT2D eigenvalue weighted by Crippen LogP contribution is 2.69. The molecule has 4 aliphatic carbocycles. The summed E-state index contributed by atoms with van der Waals surface area (Å²) >= 11 is 0. The number of carbonyl (C=O) groups excluding carboxylic acids is 3. The van der Waals surface area contributed by atoms with E-state index in [0.717, 1.165) is 50.5 Å². The molecule has 1 saturated heterocycles. The lowest BCUT2D eigenvalue weighted by molar-refractivity contribution is -0.228. The van der Waals surface area contributed by atoms with E-state index >= 15 is 0 Å². The maximum atomic E-state index is 14.1. The van der Waals surface area contributed by atoms with Crippen LogP contribution in [0.1, 0.15) is 109 Å². The number of benzene rings is 1. The van der Waals surface area contributed by atoms with Gasteiger partial charge in [0.25, 0.3) is 0 Å². The lowest BCUT2D eigenvalue weighted by atomic mass is 9.42. The maximum Gasteiger partial charge on any atom is 0.338 e. The standard InChI is InChI=1S/C36H48O5/c1-22(2)25-19-30(40-31(38)20-25)23(3)28-21-29(37)32-27-15-14-26-13-9-10-16-35(26,5)36(27,18-17-34(28,32)4)41-33(39)24-11-7-6-8-12-24/h6-8,11-12,21-23,25-27,30,32H,9-10,13-20H2,1-5H3/t23?,25?,26?,27?,30?,32?,34-,35+,36?/m1/s1. The summed E-state index contributed by atoms with van der Waals surface area (Å²) < 4.78 is 12.8. The first kappa shape index (κ1) is 28.7. The first-order chi connectivity index (χ1) is 19.5. The molecule has 222 valence electrons. The Morgan fingerprint density at radius 2 is 1.73 bits per heavy atom. The van der Waals surface area contributed by atoms with Crippen LogP contribution in [0.4, 0.5) is 0 Å². The minimum atomic E-state index is -0.657. The molecule has 5 nitrogen and oxygen atoms in total. The van der Waals surface area contributed by atoms with Gasteiger partial charge in [-0.05, 0) is 86.3 Å². The van der Waals surface area contributed by atoms with Gasteiger partial charge in [0, 0.05) is 29.6 Å². The predicted molar refractivity (Wildman–Crippen MR) is 158 cm³/mol. The maximum absolute atomic E-state index is 14.1. The summed E-state index contributed by atoms with van der Waals surface area (Å²) in [6.45, 7) is 11.2. The number of fused-ring (bicyclic) bond motifs is 5. The molecule has 1 heterocycles. The van der Waals surface area contributed by atoms with Gasteiger partial charge in [0.15, 0.2) is 5.78 Å². The van der Waals surface area contributed by atoms with E-state index < -0.39 is 5.60 Å². The fourth-order valence-corrected chi connectivity index (χ4v) is 10.2. The summed E-state index contributed by atoms with van der Waals surface area (Å²) in [5, 5.41) is 0. The van der Waals surface area contributed by atoms with E-state index in [-0.39, 0.29) is 52.4 Å². The van der Waals surface area contributed by atoms with Gasteiger partial charge in [-0.25, -0.2) is 4.79 Å². The van der Waals surface area contributed by atoms with Gasteiger partial charge in [-0.15, -0.1) is 0 Å². The second-order valence-electron chi connectivity index (χ2n) is 14.8. The molecule has 7 unspecified atom stereocenters. The van der Waals surface area contributed by atoms with Gasteiger partial charge < -0.3 is 9.47 Å². The molecule has 6 rings (SSSR count). The van der Waals surface area contributed by atoms with Gasteiger partial charge in [0.1, 0.15) is 11.7 Å². The number of allylic oxidation sites excluding steroid dienone is 1. The van der Waals surface area contributed by atoms with Crippen LogP contribution in [0.15, 0.2) is 42.0 Å². The summed E-state index contributed by atoms with van der Waals surface area (Å²) in [4.78, 5) is 40.5. The third-order valence-corrected chi connectivity index (χ3v) is 12.7. The normalized spacial score (nSPS) is 41.0. The highest BCUT2D eigenvalue weighted by Gasteiger charge is 2.70. The molecule has 3 saturated carbocycles. The van der Waals surface area contributed by atoms with Crippen LogP contribution in [-0.4, -0.2) is 29.4 Å². The summed E-state index contributed by atoms with van der Waals surface area (Å²) in [5.74, 6) is 0.808. The van der Waals surface area contributed by atoms with Gasteiger partial charge in [-0.2, -0.15) is 0 Å². The van der Waals surface area contributed by atoms with E-state index in [9.17, 15) is 14.4 Å². The minimum absolute atomic E-state index is 0.0135. The Morgan fingerprint density at radius 3 is 2.46 bits per heavy atom. The van der Waals surface area contributed by atoms with E-state index in [1.807, 2.05) is 36.4 Å². The third-order valence-electron chi connectivity index (χ3n) is 12.7. The van der Waals surface area contributed by atoms with Crippen molar-refractivity contribution in [1.29, 1.82) is 0 Å². The molecule has 5 heteroatoms. The Hall–Kier alpha value is -2.43. The summed E-state index contributed by atoms with van der Waals surface area (Å²) in [5.41, 5.74) is 0.611. The number of rotatable bonds is 5. The van der Waals surface area contributed by atoms with Crippen molar-refractivity contribution in [3.63, 3.8) is 0 Å². The van der Waals surface area contributed by atoms with Crippen molar-refractivity contribution in [2.75, 3.05) is 0 Å². The molecule has 0 spiro atoms. The largest absolute Gasteiger partial charge is 0.462 e. The van der Waals surface area contributed by atoms with Crippen LogP contribution in [0.5, 0.6) is 0 Å². The summed E-state index contributed by atoms with van der Waals surface area (Å²) in [6.07, 6.45) is 11.2. The smallest absolute Gasteiger partial charge is 0.338 e. The molecule has 41 heavy (non-hydrogen) atoms. The Morgan fingerprint density at radius 1 is 0.976 bits per heavy atom. The Bertz CT molecular complexity index is 1230. The number of esters is 2. The molecule has 0 N–H and O–H groups in total. The molecule has 0 aromatic heterocycles. The number of hydrogen-bond acceptors (Lipinski definition) is 5. The van der Waals surface area contributed by atoms with Gasteiger partial charge in [0.05, 0.1) is 5.56 Å². The van der Waals surface area contributed by atoms with Crippen molar-refractivity contribution in [1.82, 2.24) is 0 Å². The van der Waals surface area contributed by atoms with E-state index in [4.69, 9.17) is 9.47 Å². The van der Waals surface area contributed by atoms with Crippen molar-refractivity contribution in [3.8, 4) is 0 Å². The average molecular weight is 561 g/mol. The van der Waals surface area contributed by atoms with Crippen LogP contribution in [0.25, 0.3) is 0 Å². The Kier molecular flexibility index (Phi) is 7.26. The van der Waals surface area contributed by atoms with E-state index in [1.54, 1.807) is 0 Å². The molecule has 1 aliphatic heterocycles. The molecule has 0 bridgehead atoms. The molecule has 9 atom stereocenters. The van der Waals surface area contributed by atoms with Gasteiger partial charge in [-0.1, -0.05) is 71.2 Å². The number of ether oxygens (including phenoxy) is 2. The molecule has 4 fully saturated rings. The lowest BCUT2D eigenvalue weighted by Crippen LogP contribution is -2.67. The first-order valence-corrected chi connectivity index (χ1v) is 16.2. The van der Waals surface area contributed by atoms with Crippen molar-refractivity contribution in [2.45, 2.75) is 111 Å².